The number of anilines is 2. The lowest BCUT2D eigenvalue weighted by Crippen LogP contribution is -2.37. The van der Waals surface area contributed by atoms with Crippen molar-refractivity contribution >= 4 is 116 Å². The molecular formula is C65H57BN3O2S. The van der Waals surface area contributed by atoms with Crippen molar-refractivity contribution in [2.45, 2.75) is 104 Å². The van der Waals surface area contributed by atoms with Gasteiger partial charge in [-0.3, -0.25) is 0 Å². The Morgan fingerprint density at radius 2 is 1.31 bits per heavy atom. The molecule has 0 atom stereocenters. The van der Waals surface area contributed by atoms with Gasteiger partial charge in [-0.05, 0) is 141 Å². The lowest BCUT2D eigenvalue weighted by molar-refractivity contribution is 0.332. The van der Waals surface area contributed by atoms with E-state index in [-0.39, 0.29) is 21.7 Å². The molecule has 1 N–H and O–H groups in total. The maximum Gasteiger partial charge on any atom is 0.227 e. The van der Waals surface area contributed by atoms with Gasteiger partial charge in [0.05, 0.1) is 16.4 Å². The van der Waals surface area contributed by atoms with Gasteiger partial charge in [-0.15, -0.1) is 11.3 Å². The van der Waals surface area contributed by atoms with Gasteiger partial charge in [0.25, 0.3) is 0 Å². The number of furan rings is 1. The Morgan fingerprint density at radius 1 is 0.625 bits per heavy atom. The zero-order valence-corrected chi connectivity index (χ0v) is 43.6. The Balaban J connectivity index is 1.13. The lowest BCUT2D eigenvalue weighted by atomic mass is 9.58. The number of oxazole rings is 1. The van der Waals surface area contributed by atoms with Crippen molar-refractivity contribution in [1.82, 2.24) is 9.55 Å². The molecule has 14 rings (SSSR count). The van der Waals surface area contributed by atoms with E-state index in [9.17, 15) is 0 Å². The first-order chi connectivity index (χ1) is 34.4. The summed E-state index contributed by atoms with van der Waals surface area (Å²) in [7, 11) is 2.42. The first-order valence-corrected chi connectivity index (χ1v) is 26.5. The molecule has 1 aliphatic carbocycles. The summed E-state index contributed by atoms with van der Waals surface area (Å²) in [5, 5.41) is 11.2. The van der Waals surface area contributed by atoms with E-state index in [1.165, 1.54) is 60.7 Å². The van der Waals surface area contributed by atoms with E-state index >= 15 is 0 Å². The number of para-hydroxylation sites is 1. The summed E-state index contributed by atoms with van der Waals surface area (Å²) in [6.07, 6.45) is 2.35. The SMILES string of the molecule is CC(C)(C)c1ccc(Nc2cc3sc4cc5c(cc4c3cc2-c2c3c4c(c6cc(C(C)(C)C)ccc6n4-c4cc6oc(-c7ccccc7)nc6cc4[B]3)c3oc4ccccc4c23)C(C)(C)CCC5(C)C)cc1. The van der Waals surface area contributed by atoms with Crippen LogP contribution in [-0.4, -0.2) is 16.8 Å². The maximum atomic E-state index is 7.29. The minimum Gasteiger partial charge on any atom is -0.455 e. The van der Waals surface area contributed by atoms with Crippen LogP contribution in [0.25, 0.3) is 103 Å². The summed E-state index contributed by atoms with van der Waals surface area (Å²) in [6.45, 7) is 23.5. The summed E-state index contributed by atoms with van der Waals surface area (Å²) in [5.41, 5.74) is 19.9. The average Bonchev–Trinajstić information content (AvgIpc) is 4.12. The van der Waals surface area contributed by atoms with E-state index in [1.54, 1.807) is 0 Å². The van der Waals surface area contributed by atoms with Crippen molar-refractivity contribution in [3.05, 3.63) is 156 Å². The van der Waals surface area contributed by atoms with Crippen LogP contribution < -0.4 is 16.2 Å². The zero-order chi connectivity index (χ0) is 49.4. The van der Waals surface area contributed by atoms with Crippen LogP contribution in [0, 0.1) is 0 Å². The number of nitrogens with one attached hydrogen (secondary N) is 1. The summed E-state index contributed by atoms with van der Waals surface area (Å²) < 4.78 is 19.0. The highest BCUT2D eigenvalue weighted by atomic mass is 32.1. The number of thiophene rings is 1. The topological polar surface area (TPSA) is 56.1 Å². The van der Waals surface area contributed by atoms with Crippen molar-refractivity contribution in [2.24, 2.45) is 0 Å². The van der Waals surface area contributed by atoms with Gasteiger partial charge in [-0.25, -0.2) is 4.98 Å². The molecular weight excluding hydrogens is 898 g/mol. The standard InChI is InChI=1S/C65H57BN3O2S/c1-62(2,3)36-20-23-38(24-21-36)67-47-33-54-40(41-30-44-45(31-53(41)72-54)65(9,10)27-26-64(44,7)8)29-42(47)55-56-39-18-14-15-19-51(39)70-60(56)57-43-28-37(63(4,5)6)22-25-49(43)69-50-34-52-48(32-46(50)66-58(55)59(57)69)68-61(71-52)35-16-12-11-13-17-35/h11-25,28-34,67H,26-27H2,1-10H3. The van der Waals surface area contributed by atoms with Crippen molar-refractivity contribution in [2.75, 3.05) is 5.32 Å². The Bertz CT molecular complexity index is 4280. The molecule has 0 unspecified atom stereocenters. The number of rotatable bonds is 4. The summed E-state index contributed by atoms with van der Waals surface area (Å²) in [5.74, 6) is 0.614. The molecule has 4 aromatic heterocycles. The largest absolute Gasteiger partial charge is 0.455 e. The van der Waals surface area contributed by atoms with E-state index in [0.717, 1.165) is 94.1 Å². The molecule has 353 valence electrons. The number of hydrogen-bond acceptors (Lipinski definition) is 5. The van der Waals surface area contributed by atoms with Crippen LogP contribution in [-0.2, 0) is 21.7 Å². The minimum atomic E-state index is -0.0724. The third kappa shape index (κ3) is 6.41. The fraction of sp³-hybridized carbons (Fsp3) is 0.246. The summed E-state index contributed by atoms with van der Waals surface area (Å²) >= 11 is 1.92. The van der Waals surface area contributed by atoms with Crippen LogP contribution in [0.2, 0.25) is 0 Å². The number of fused-ring (bicyclic) bond motifs is 14. The van der Waals surface area contributed by atoms with Crippen LogP contribution in [0.4, 0.5) is 11.4 Å². The molecule has 0 spiro atoms. The first-order valence-electron chi connectivity index (χ1n) is 25.6. The predicted octanol–water partition coefficient (Wildman–Crippen LogP) is 17.2. The van der Waals surface area contributed by atoms with Gasteiger partial charge >= 0.3 is 0 Å². The van der Waals surface area contributed by atoms with E-state index in [4.69, 9.17) is 13.8 Å². The first kappa shape index (κ1) is 43.7. The second-order valence-corrected chi connectivity index (χ2v) is 25.2. The quantitative estimate of drug-likeness (QED) is 0.179. The molecule has 0 saturated carbocycles. The number of benzene rings is 8. The second-order valence-electron chi connectivity index (χ2n) is 24.2. The normalized spacial score (nSPS) is 15.3. The minimum absolute atomic E-state index is 0.0346. The third-order valence-corrected chi connectivity index (χ3v) is 17.5. The van der Waals surface area contributed by atoms with Crippen molar-refractivity contribution in [3.63, 3.8) is 0 Å². The molecule has 1 radical (unpaired) electrons. The van der Waals surface area contributed by atoms with E-state index in [2.05, 4.69) is 202 Å². The van der Waals surface area contributed by atoms with Crippen LogP contribution >= 0.6 is 11.3 Å². The van der Waals surface area contributed by atoms with E-state index < -0.39 is 0 Å². The van der Waals surface area contributed by atoms with Gasteiger partial charge in [0.2, 0.25) is 5.89 Å². The molecule has 12 aromatic rings. The predicted molar refractivity (Wildman–Crippen MR) is 307 cm³/mol. The molecule has 2 aliphatic rings. The molecule has 1 aliphatic heterocycles. The van der Waals surface area contributed by atoms with Gasteiger partial charge in [0.15, 0.2) is 12.9 Å². The molecule has 5 heterocycles. The van der Waals surface area contributed by atoms with Crippen molar-refractivity contribution in [1.29, 1.82) is 0 Å². The third-order valence-electron chi connectivity index (χ3n) is 16.4. The maximum absolute atomic E-state index is 7.29. The number of aromatic nitrogens is 2. The van der Waals surface area contributed by atoms with Crippen LogP contribution in [0.1, 0.15) is 104 Å². The highest BCUT2D eigenvalue weighted by Crippen LogP contribution is 2.52. The van der Waals surface area contributed by atoms with E-state index in [1.807, 2.05) is 29.5 Å². The fourth-order valence-corrected chi connectivity index (χ4v) is 13.3. The molecule has 5 nitrogen and oxygen atoms in total. The molecule has 72 heavy (non-hydrogen) atoms. The highest BCUT2D eigenvalue weighted by molar-refractivity contribution is 7.25. The van der Waals surface area contributed by atoms with Gasteiger partial charge in [0, 0.05) is 70.6 Å². The number of nitrogens with zero attached hydrogens (tertiary/aromatic N) is 2. The van der Waals surface area contributed by atoms with Gasteiger partial charge in [-0.1, -0.05) is 129 Å². The summed E-state index contributed by atoms with van der Waals surface area (Å²) in [6, 6.07) is 49.4. The van der Waals surface area contributed by atoms with Gasteiger partial charge in [0.1, 0.15) is 16.7 Å². The Hall–Kier alpha value is -7.09. The van der Waals surface area contributed by atoms with Gasteiger partial charge in [-0.2, -0.15) is 0 Å². The fourth-order valence-electron chi connectivity index (χ4n) is 12.2. The Labute approximate surface area is 425 Å². The smallest absolute Gasteiger partial charge is 0.227 e. The molecule has 7 heteroatoms. The highest BCUT2D eigenvalue weighted by Gasteiger charge is 2.38. The summed E-state index contributed by atoms with van der Waals surface area (Å²) in [4.78, 5) is 5.12. The number of hydrogen-bond donors (Lipinski definition) is 1. The van der Waals surface area contributed by atoms with Crippen molar-refractivity contribution < 1.29 is 8.83 Å². The second kappa shape index (κ2) is 14.8. The van der Waals surface area contributed by atoms with Crippen LogP contribution in [0.5, 0.6) is 0 Å². The zero-order valence-electron chi connectivity index (χ0n) is 42.8. The monoisotopic (exact) mass is 954 g/mol. The van der Waals surface area contributed by atoms with Crippen LogP contribution in [0.15, 0.2) is 142 Å². The molecule has 0 amide bonds. The Kier molecular flexibility index (Phi) is 8.96. The average molecular weight is 955 g/mol. The molecule has 8 aromatic carbocycles. The van der Waals surface area contributed by atoms with E-state index in [0.29, 0.717) is 5.89 Å². The molecule has 0 saturated heterocycles. The molecule has 0 bridgehead atoms. The lowest BCUT2D eigenvalue weighted by Gasteiger charge is -2.41. The van der Waals surface area contributed by atoms with Gasteiger partial charge < -0.3 is 18.7 Å². The Morgan fingerprint density at radius 3 is 2.06 bits per heavy atom. The molecule has 0 fully saturated rings. The van der Waals surface area contributed by atoms with Crippen molar-refractivity contribution in [3.8, 4) is 28.3 Å². The van der Waals surface area contributed by atoms with Crippen LogP contribution in [0.3, 0.4) is 0 Å².